The Kier molecular flexibility index (Phi) is 11.1. The summed E-state index contributed by atoms with van der Waals surface area (Å²) in [5, 5.41) is 0. The second-order valence-corrected chi connectivity index (χ2v) is 20.3. The van der Waals surface area contributed by atoms with E-state index in [0.29, 0.717) is 0 Å². The van der Waals surface area contributed by atoms with Crippen LogP contribution in [0.1, 0.15) is 100 Å². The third-order valence-electron chi connectivity index (χ3n) is 12.8. The zero-order valence-corrected chi connectivity index (χ0v) is 40.0. The first kappa shape index (κ1) is 43.5. The molecule has 6 heteroatoms. The summed E-state index contributed by atoms with van der Waals surface area (Å²) in [6, 6.07) is 50.2. The third-order valence-corrected chi connectivity index (χ3v) is 12.8. The fourth-order valence-electron chi connectivity index (χ4n) is 9.15. The topological polar surface area (TPSA) is 53.5 Å². The van der Waals surface area contributed by atoms with Gasteiger partial charge in [-0.3, -0.25) is 13.7 Å². The maximum Gasteiger partial charge on any atom is 0.145 e. The molecule has 9 aromatic rings. The van der Waals surface area contributed by atoms with Crippen LogP contribution in [-0.2, 0) is 10.8 Å². The molecule has 328 valence electrons. The lowest BCUT2D eigenvalue weighted by Gasteiger charge is -2.27. The minimum Gasteiger partial charge on any atom is -0.296 e. The molecule has 0 unspecified atom stereocenters. The maximum absolute atomic E-state index is 5.45. The summed E-state index contributed by atoms with van der Waals surface area (Å²) >= 11 is 0. The van der Waals surface area contributed by atoms with Gasteiger partial charge in [-0.05, 0) is 125 Å². The van der Waals surface area contributed by atoms with Gasteiger partial charge >= 0.3 is 0 Å². The number of para-hydroxylation sites is 6. The van der Waals surface area contributed by atoms with Crippen molar-refractivity contribution in [3.8, 4) is 45.5 Å². The molecular weight excluding hydrogens is 793 g/mol. The minimum atomic E-state index is 0.0312. The Labute approximate surface area is 385 Å². The lowest BCUT2D eigenvalue weighted by molar-refractivity contribution is 0.481. The molecule has 65 heavy (non-hydrogen) atoms. The Balaban J connectivity index is 0.00000263. The number of allylic oxidation sites excluding steroid dienone is 4. The Morgan fingerprint density at radius 1 is 0.385 bits per heavy atom. The predicted octanol–water partition coefficient (Wildman–Crippen LogP) is 15.9. The van der Waals surface area contributed by atoms with Gasteiger partial charge in [-0.1, -0.05) is 148 Å². The van der Waals surface area contributed by atoms with E-state index in [1.165, 1.54) is 22.4 Å². The van der Waals surface area contributed by atoms with E-state index in [0.717, 1.165) is 91.5 Å². The molecule has 0 bridgehead atoms. The van der Waals surface area contributed by atoms with Crippen molar-refractivity contribution in [2.75, 3.05) is 0 Å². The van der Waals surface area contributed by atoms with Gasteiger partial charge in [0.15, 0.2) is 0 Å². The summed E-state index contributed by atoms with van der Waals surface area (Å²) in [6.45, 7) is 24.5. The standard InChI is InChI=1S/C57H56N6.C2H6/c1-55(2,3)40-22-28-43(29-23-40)61-49-19-13-10-16-46(49)58-52(61)37-34-38(53-59-47-17-11-14-20-50(47)62(53)44-30-24-41(25-31-44)56(4,5)6)36-39(35-37)54-60-48-18-12-15-21-51(48)63(54)45-32-26-42(27-33-45)57(7,8)9;1-2/h10-26,28-32,34-36H,27,33H2,1-9H3;1-2H3. The highest BCUT2D eigenvalue weighted by atomic mass is 15.1. The van der Waals surface area contributed by atoms with Crippen molar-refractivity contribution in [2.24, 2.45) is 5.41 Å². The summed E-state index contributed by atoms with van der Waals surface area (Å²) in [4.78, 5) is 16.3. The zero-order valence-electron chi connectivity index (χ0n) is 40.0. The van der Waals surface area contributed by atoms with Crippen LogP contribution >= 0.6 is 0 Å². The van der Waals surface area contributed by atoms with Crippen molar-refractivity contribution in [1.29, 1.82) is 0 Å². The number of nitrogens with zero attached hydrogens (tertiary/aromatic N) is 6. The molecule has 0 fully saturated rings. The van der Waals surface area contributed by atoms with Crippen LogP contribution in [-0.4, -0.2) is 28.7 Å². The summed E-state index contributed by atoms with van der Waals surface area (Å²) < 4.78 is 7.01. The summed E-state index contributed by atoms with van der Waals surface area (Å²) in [6.07, 6.45) is 6.57. The van der Waals surface area contributed by atoms with Crippen LogP contribution in [0.2, 0.25) is 0 Å². The van der Waals surface area contributed by atoms with Gasteiger partial charge in [-0.25, -0.2) is 15.0 Å². The Bertz CT molecular complexity index is 3100. The van der Waals surface area contributed by atoms with E-state index in [2.05, 4.69) is 228 Å². The molecule has 0 radical (unpaired) electrons. The van der Waals surface area contributed by atoms with Crippen LogP contribution in [0.3, 0.4) is 0 Å². The number of rotatable bonds is 6. The van der Waals surface area contributed by atoms with E-state index in [-0.39, 0.29) is 16.2 Å². The lowest BCUT2D eigenvalue weighted by Crippen LogP contribution is -2.13. The number of hydrogen-bond acceptors (Lipinski definition) is 3. The third kappa shape index (κ3) is 8.16. The van der Waals surface area contributed by atoms with E-state index in [1.807, 2.05) is 13.8 Å². The van der Waals surface area contributed by atoms with Gasteiger partial charge in [0.1, 0.15) is 17.5 Å². The molecule has 3 heterocycles. The molecule has 0 saturated carbocycles. The Morgan fingerprint density at radius 3 is 1.08 bits per heavy atom. The Hall–Kier alpha value is -6.79. The van der Waals surface area contributed by atoms with Crippen LogP contribution in [0.4, 0.5) is 0 Å². The molecule has 0 N–H and O–H groups in total. The van der Waals surface area contributed by atoms with Crippen molar-refractivity contribution in [1.82, 2.24) is 28.7 Å². The molecule has 0 atom stereocenters. The monoisotopic (exact) mass is 855 g/mol. The number of fused-ring (bicyclic) bond motifs is 3. The normalized spacial score (nSPS) is 13.5. The second kappa shape index (κ2) is 16.6. The van der Waals surface area contributed by atoms with Gasteiger partial charge in [0, 0.05) is 33.8 Å². The first-order chi connectivity index (χ1) is 31.1. The van der Waals surface area contributed by atoms with Crippen LogP contribution in [0.5, 0.6) is 0 Å². The van der Waals surface area contributed by atoms with Gasteiger partial charge in [0.05, 0.1) is 33.1 Å². The van der Waals surface area contributed by atoms with Crippen molar-refractivity contribution in [3.63, 3.8) is 0 Å². The lowest BCUT2D eigenvalue weighted by atomic mass is 9.81. The highest BCUT2D eigenvalue weighted by molar-refractivity contribution is 5.91. The molecule has 6 aromatic carbocycles. The number of aromatic nitrogens is 6. The van der Waals surface area contributed by atoms with Crippen molar-refractivity contribution in [3.05, 3.63) is 168 Å². The van der Waals surface area contributed by atoms with Gasteiger partial charge in [-0.2, -0.15) is 0 Å². The Morgan fingerprint density at radius 2 is 0.738 bits per heavy atom. The molecule has 1 aliphatic rings. The van der Waals surface area contributed by atoms with Gasteiger partial charge in [-0.15, -0.1) is 0 Å². The molecule has 6 nitrogen and oxygen atoms in total. The van der Waals surface area contributed by atoms with Crippen LogP contribution in [0.25, 0.3) is 84.3 Å². The van der Waals surface area contributed by atoms with Crippen LogP contribution < -0.4 is 0 Å². The van der Waals surface area contributed by atoms with Gasteiger partial charge in [0.25, 0.3) is 0 Å². The van der Waals surface area contributed by atoms with E-state index < -0.39 is 0 Å². The van der Waals surface area contributed by atoms with E-state index >= 15 is 0 Å². The minimum absolute atomic E-state index is 0.0312. The molecule has 0 saturated heterocycles. The highest BCUT2D eigenvalue weighted by Gasteiger charge is 2.26. The number of benzene rings is 6. The zero-order chi connectivity index (χ0) is 45.8. The molecule has 1 aliphatic carbocycles. The van der Waals surface area contributed by atoms with Crippen molar-refractivity contribution >= 4 is 38.8 Å². The molecule has 0 aliphatic heterocycles. The van der Waals surface area contributed by atoms with E-state index in [9.17, 15) is 0 Å². The second-order valence-electron chi connectivity index (χ2n) is 20.3. The van der Waals surface area contributed by atoms with Gasteiger partial charge in [0.2, 0.25) is 0 Å². The predicted molar refractivity (Wildman–Crippen MR) is 275 cm³/mol. The molecular formula is C59H62N6. The summed E-state index contributed by atoms with van der Waals surface area (Å²) in [5.74, 6) is 2.61. The fourth-order valence-corrected chi connectivity index (χ4v) is 9.15. The molecule has 3 aromatic heterocycles. The fraction of sp³-hybridized carbons (Fsp3) is 0.271. The van der Waals surface area contributed by atoms with Crippen LogP contribution in [0, 0.1) is 5.41 Å². The number of imidazole rings is 3. The molecule has 0 spiro atoms. The number of hydrogen-bond donors (Lipinski definition) is 0. The molecule has 0 amide bonds. The SMILES string of the molecule is CC.CC(C)(C)C1=CC=C(n2c(-c3cc(-c4nc5ccccc5n4-c4ccc(C(C)(C)C)cc4)cc(-c4nc5ccccc5n4-c4ccc(C(C)(C)C)cc4)c3)nc3ccccc32)CC1. The van der Waals surface area contributed by atoms with E-state index in [1.54, 1.807) is 0 Å². The first-order valence-corrected chi connectivity index (χ1v) is 23.3. The molecule has 10 rings (SSSR count). The smallest absolute Gasteiger partial charge is 0.145 e. The average Bonchev–Trinajstić information content (AvgIpc) is 4.01. The van der Waals surface area contributed by atoms with E-state index in [4.69, 9.17) is 15.0 Å². The first-order valence-electron chi connectivity index (χ1n) is 23.3. The van der Waals surface area contributed by atoms with Crippen molar-refractivity contribution in [2.45, 2.75) is 99.8 Å². The highest BCUT2D eigenvalue weighted by Crippen LogP contribution is 2.41. The quantitative estimate of drug-likeness (QED) is 0.167. The average molecular weight is 855 g/mol. The van der Waals surface area contributed by atoms with Crippen molar-refractivity contribution < 1.29 is 0 Å². The van der Waals surface area contributed by atoms with Crippen LogP contribution in [0.15, 0.2) is 157 Å². The van der Waals surface area contributed by atoms with Gasteiger partial charge < -0.3 is 0 Å². The summed E-state index contributed by atoms with van der Waals surface area (Å²) in [7, 11) is 0. The largest absolute Gasteiger partial charge is 0.296 e. The maximum atomic E-state index is 5.45. The summed E-state index contributed by atoms with van der Waals surface area (Å²) in [5.41, 5.74) is 16.6.